The fourth-order valence-electron chi connectivity index (χ4n) is 2.42. The van der Waals surface area contributed by atoms with Crippen LogP contribution in [0.15, 0.2) is 24.5 Å². The summed E-state index contributed by atoms with van der Waals surface area (Å²) in [6.07, 6.45) is 3.58. The molecule has 2 rings (SSSR count). The first-order valence-electron chi connectivity index (χ1n) is 6.73. The first-order valence-corrected chi connectivity index (χ1v) is 6.73. The Morgan fingerprint density at radius 2 is 2.11 bits per heavy atom. The van der Waals surface area contributed by atoms with Gasteiger partial charge in [-0.2, -0.15) is 0 Å². The van der Waals surface area contributed by atoms with Gasteiger partial charge >= 0.3 is 0 Å². The molecule has 0 aliphatic carbocycles. The van der Waals surface area contributed by atoms with Gasteiger partial charge in [-0.3, -0.25) is 9.78 Å². The fraction of sp³-hybridized carbons (Fsp3) is 0.600. The summed E-state index contributed by atoms with van der Waals surface area (Å²) in [6.45, 7) is 10.5. The maximum atomic E-state index is 12.6. The Balaban J connectivity index is 2.22. The minimum absolute atomic E-state index is 0.0750. The molecule has 0 atom stereocenters. The predicted octanol–water partition coefficient (Wildman–Crippen LogP) is 1.82. The highest BCUT2D eigenvalue weighted by molar-refractivity contribution is 5.85. The van der Waals surface area contributed by atoms with Crippen molar-refractivity contribution >= 4 is 5.91 Å². The second-order valence-corrected chi connectivity index (χ2v) is 6.67. The maximum Gasteiger partial charge on any atom is 0.242 e. The molecule has 4 nitrogen and oxygen atoms in total. The van der Waals surface area contributed by atoms with E-state index in [9.17, 15) is 4.79 Å². The molecule has 2 heterocycles. The number of rotatable bonds is 2. The third-order valence-electron chi connectivity index (χ3n) is 3.55. The molecule has 1 saturated heterocycles. The van der Waals surface area contributed by atoms with Crippen LogP contribution >= 0.6 is 0 Å². The predicted molar refractivity (Wildman–Crippen MR) is 75.5 cm³/mol. The number of hydrogen-bond donors (Lipinski definition) is 1. The maximum absolute atomic E-state index is 12.6. The Labute approximate surface area is 115 Å². The van der Waals surface area contributed by atoms with Crippen LogP contribution in [-0.4, -0.2) is 34.4 Å². The van der Waals surface area contributed by atoms with Crippen molar-refractivity contribution in [2.45, 2.75) is 39.8 Å². The zero-order valence-electron chi connectivity index (χ0n) is 12.2. The quantitative estimate of drug-likeness (QED) is 0.883. The lowest BCUT2D eigenvalue weighted by atomic mass is 9.93. The molecule has 4 heteroatoms. The molecule has 1 fully saturated rings. The summed E-state index contributed by atoms with van der Waals surface area (Å²) in [5.74, 6) is 0.155. The number of aromatic nitrogens is 1. The summed E-state index contributed by atoms with van der Waals surface area (Å²) in [4.78, 5) is 18.7. The van der Waals surface area contributed by atoms with E-state index in [1.54, 1.807) is 6.20 Å². The van der Waals surface area contributed by atoms with Gasteiger partial charge < -0.3 is 10.2 Å². The number of carbonyl (C=O) groups is 1. The summed E-state index contributed by atoms with van der Waals surface area (Å²) in [5.41, 5.74) is 0.645. The summed E-state index contributed by atoms with van der Waals surface area (Å²) >= 11 is 0. The number of nitrogens with one attached hydrogen (secondary N) is 1. The number of hydrogen-bond acceptors (Lipinski definition) is 3. The van der Waals surface area contributed by atoms with Gasteiger partial charge in [0.05, 0.1) is 5.54 Å². The van der Waals surface area contributed by atoms with Crippen molar-refractivity contribution < 1.29 is 4.79 Å². The molecular formula is C15H23N3O. The molecule has 0 saturated carbocycles. The average molecular weight is 261 g/mol. The van der Waals surface area contributed by atoms with E-state index in [1.165, 1.54) is 0 Å². The van der Waals surface area contributed by atoms with Crippen molar-refractivity contribution in [1.82, 2.24) is 15.2 Å². The lowest BCUT2D eigenvalue weighted by Gasteiger charge is -2.30. The molecule has 1 amide bonds. The molecule has 1 N–H and O–H groups in total. The van der Waals surface area contributed by atoms with Gasteiger partial charge in [0.2, 0.25) is 5.91 Å². The number of pyridine rings is 1. The fourth-order valence-corrected chi connectivity index (χ4v) is 2.42. The molecule has 1 aromatic rings. The SMILES string of the molecule is CC1(C)CNC(C)(C)C(=O)N(Cc2cccnc2)C1. The van der Waals surface area contributed by atoms with E-state index in [0.717, 1.165) is 18.7 Å². The van der Waals surface area contributed by atoms with Gasteiger partial charge in [-0.25, -0.2) is 0 Å². The first-order chi connectivity index (χ1) is 8.80. The van der Waals surface area contributed by atoms with Crippen LogP contribution in [0, 0.1) is 5.41 Å². The van der Waals surface area contributed by atoms with Crippen LogP contribution < -0.4 is 5.32 Å². The lowest BCUT2D eigenvalue weighted by Crippen LogP contribution is -2.51. The minimum Gasteiger partial charge on any atom is -0.336 e. The van der Waals surface area contributed by atoms with Crippen molar-refractivity contribution in [2.75, 3.05) is 13.1 Å². The molecule has 1 aliphatic rings. The third-order valence-corrected chi connectivity index (χ3v) is 3.55. The Bertz CT molecular complexity index is 454. The van der Waals surface area contributed by atoms with Crippen LogP contribution in [0.5, 0.6) is 0 Å². The highest BCUT2D eigenvalue weighted by Crippen LogP contribution is 2.25. The molecule has 19 heavy (non-hydrogen) atoms. The summed E-state index contributed by atoms with van der Waals surface area (Å²) in [5, 5.41) is 3.37. The molecule has 0 unspecified atom stereocenters. The van der Waals surface area contributed by atoms with Gasteiger partial charge in [-0.1, -0.05) is 19.9 Å². The zero-order valence-corrected chi connectivity index (χ0v) is 12.2. The molecular weight excluding hydrogens is 238 g/mol. The van der Waals surface area contributed by atoms with Crippen LogP contribution in [0.3, 0.4) is 0 Å². The van der Waals surface area contributed by atoms with Crippen LogP contribution in [0.25, 0.3) is 0 Å². The molecule has 0 bridgehead atoms. The monoisotopic (exact) mass is 261 g/mol. The van der Waals surface area contributed by atoms with Crippen molar-refractivity contribution in [3.63, 3.8) is 0 Å². The van der Waals surface area contributed by atoms with E-state index < -0.39 is 5.54 Å². The number of amides is 1. The van der Waals surface area contributed by atoms with Gasteiger partial charge in [-0.05, 0) is 30.9 Å². The Kier molecular flexibility index (Phi) is 3.63. The molecule has 0 radical (unpaired) electrons. The summed E-state index contributed by atoms with van der Waals surface area (Å²) < 4.78 is 0. The smallest absolute Gasteiger partial charge is 0.242 e. The number of carbonyl (C=O) groups excluding carboxylic acids is 1. The van der Waals surface area contributed by atoms with E-state index in [1.807, 2.05) is 37.1 Å². The van der Waals surface area contributed by atoms with E-state index in [-0.39, 0.29) is 11.3 Å². The van der Waals surface area contributed by atoms with Crippen LogP contribution in [0.4, 0.5) is 0 Å². The zero-order chi connectivity index (χ0) is 14.1. The van der Waals surface area contributed by atoms with E-state index >= 15 is 0 Å². The molecule has 104 valence electrons. The van der Waals surface area contributed by atoms with Crippen molar-refractivity contribution in [3.05, 3.63) is 30.1 Å². The summed E-state index contributed by atoms with van der Waals surface area (Å²) in [7, 11) is 0. The normalized spacial score (nSPS) is 22.1. The standard InChI is InChI=1S/C15H23N3O/c1-14(2)10-17-15(3,4)13(19)18(11-14)9-12-6-5-7-16-8-12/h5-8,17H,9-11H2,1-4H3. The summed E-state index contributed by atoms with van der Waals surface area (Å²) in [6, 6.07) is 3.92. The van der Waals surface area contributed by atoms with Gasteiger partial charge in [0.25, 0.3) is 0 Å². The largest absolute Gasteiger partial charge is 0.336 e. The van der Waals surface area contributed by atoms with Crippen LogP contribution in [-0.2, 0) is 11.3 Å². The van der Waals surface area contributed by atoms with Gasteiger partial charge in [0.15, 0.2) is 0 Å². The molecule has 0 aromatic carbocycles. The minimum atomic E-state index is -0.504. The Hall–Kier alpha value is -1.42. The Morgan fingerprint density at radius 1 is 1.37 bits per heavy atom. The highest BCUT2D eigenvalue weighted by atomic mass is 16.2. The Morgan fingerprint density at radius 3 is 2.74 bits per heavy atom. The lowest BCUT2D eigenvalue weighted by molar-refractivity contribution is -0.137. The van der Waals surface area contributed by atoms with Crippen LogP contribution in [0.1, 0.15) is 33.3 Å². The first kappa shape index (κ1) is 14.0. The third kappa shape index (κ3) is 3.32. The molecule has 0 spiro atoms. The van der Waals surface area contributed by atoms with Gasteiger partial charge in [0, 0.05) is 32.0 Å². The topological polar surface area (TPSA) is 45.2 Å². The van der Waals surface area contributed by atoms with Gasteiger partial charge in [-0.15, -0.1) is 0 Å². The van der Waals surface area contributed by atoms with Crippen molar-refractivity contribution in [3.8, 4) is 0 Å². The molecule has 1 aromatic heterocycles. The number of nitrogens with zero attached hydrogens (tertiary/aromatic N) is 2. The second kappa shape index (κ2) is 4.93. The van der Waals surface area contributed by atoms with E-state index in [0.29, 0.717) is 6.54 Å². The second-order valence-electron chi connectivity index (χ2n) is 6.67. The van der Waals surface area contributed by atoms with E-state index in [2.05, 4.69) is 24.1 Å². The van der Waals surface area contributed by atoms with Crippen LogP contribution in [0.2, 0.25) is 0 Å². The van der Waals surface area contributed by atoms with E-state index in [4.69, 9.17) is 0 Å². The molecule has 1 aliphatic heterocycles. The van der Waals surface area contributed by atoms with Crippen molar-refractivity contribution in [1.29, 1.82) is 0 Å². The highest BCUT2D eigenvalue weighted by Gasteiger charge is 2.39. The van der Waals surface area contributed by atoms with Crippen molar-refractivity contribution in [2.24, 2.45) is 5.41 Å². The average Bonchev–Trinajstić information content (AvgIpc) is 2.42. The van der Waals surface area contributed by atoms with Gasteiger partial charge in [0.1, 0.15) is 0 Å².